The first-order chi connectivity index (χ1) is 12.2. The number of aliphatic hydroxyl groups is 1. The molecular weight excluding hydrogens is 341 g/mol. The first-order valence-corrected chi connectivity index (χ1v) is 8.76. The van der Waals surface area contributed by atoms with Crippen molar-refractivity contribution in [3.05, 3.63) is 64.2 Å². The minimum absolute atomic E-state index is 0.00197. The fourth-order valence-corrected chi connectivity index (χ4v) is 3.27. The van der Waals surface area contributed by atoms with E-state index in [0.717, 1.165) is 12.0 Å². The van der Waals surface area contributed by atoms with Crippen molar-refractivity contribution in [1.82, 2.24) is 15.5 Å². The van der Waals surface area contributed by atoms with Crippen LogP contribution >= 0.6 is 11.3 Å². The maximum atomic E-state index is 13.0. The summed E-state index contributed by atoms with van der Waals surface area (Å²) < 4.78 is 13.0. The smallest absolute Gasteiger partial charge is 0.269 e. The zero-order chi connectivity index (χ0) is 17.6. The SMILES string of the molecule is O=C(NC[C@H](CO)Cc1cccs1)c1cc(-c2ccc(F)cc2)n[nH]1. The molecule has 2 heterocycles. The summed E-state index contributed by atoms with van der Waals surface area (Å²) >= 11 is 1.63. The fraction of sp³-hybridized carbons (Fsp3) is 0.222. The summed E-state index contributed by atoms with van der Waals surface area (Å²) in [5.74, 6) is -0.648. The lowest BCUT2D eigenvalue weighted by Crippen LogP contribution is -2.31. The van der Waals surface area contributed by atoms with Gasteiger partial charge in [-0.2, -0.15) is 5.10 Å². The lowest BCUT2D eigenvalue weighted by molar-refractivity contribution is 0.0935. The van der Waals surface area contributed by atoms with Crippen LogP contribution in [0.5, 0.6) is 0 Å². The maximum Gasteiger partial charge on any atom is 0.269 e. The van der Waals surface area contributed by atoms with Gasteiger partial charge in [0.05, 0.1) is 5.69 Å². The van der Waals surface area contributed by atoms with E-state index >= 15 is 0 Å². The zero-order valence-electron chi connectivity index (χ0n) is 13.4. The molecule has 0 saturated carbocycles. The number of halogens is 1. The molecule has 1 amide bonds. The second kappa shape index (κ2) is 8.04. The largest absolute Gasteiger partial charge is 0.396 e. The van der Waals surface area contributed by atoms with Crippen LogP contribution in [0, 0.1) is 11.7 Å². The van der Waals surface area contributed by atoms with Gasteiger partial charge in [0, 0.05) is 29.5 Å². The highest BCUT2D eigenvalue weighted by molar-refractivity contribution is 7.09. The van der Waals surface area contributed by atoms with Crippen molar-refractivity contribution in [1.29, 1.82) is 0 Å². The molecule has 0 radical (unpaired) electrons. The molecule has 2 aromatic heterocycles. The van der Waals surface area contributed by atoms with Crippen molar-refractivity contribution in [2.24, 2.45) is 5.92 Å². The first kappa shape index (κ1) is 17.3. The van der Waals surface area contributed by atoms with Crippen molar-refractivity contribution in [2.45, 2.75) is 6.42 Å². The number of aromatic nitrogens is 2. The summed E-state index contributed by atoms with van der Waals surface area (Å²) in [6.07, 6.45) is 0.720. The number of carbonyl (C=O) groups excluding carboxylic acids is 1. The van der Waals surface area contributed by atoms with Crippen LogP contribution in [-0.2, 0) is 6.42 Å². The Hall–Kier alpha value is -2.51. The number of hydrogen-bond acceptors (Lipinski definition) is 4. The number of nitrogens with one attached hydrogen (secondary N) is 2. The van der Waals surface area contributed by atoms with Gasteiger partial charge < -0.3 is 10.4 Å². The Morgan fingerprint density at radius 3 is 2.80 bits per heavy atom. The van der Waals surface area contributed by atoms with Gasteiger partial charge in [-0.15, -0.1) is 11.3 Å². The molecule has 0 aliphatic heterocycles. The zero-order valence-corrected chi connectivity index (χ0v) is 14.2. The number of carbonyl (C=O) groups is 1. The summed E-state index contributed by atoms with van der Waals surface area (Å²) in [6, 6.07) is 11.5. The van der Waals surface area contributed by atoms with Gasteiger partial charge in [0.15, 0.2) is 0 Å². The molecule has 0 spiro atoms. The third kappa shape index (κ3) is 4.52. The van der Waals surface area contributed by atoms with E-state index in [-0.39, 0.29) is 24.2 Å². The first-order valence-electron chi connectivity index (χ1n) is 7.88. The number of amides is 1. The third-order valence-electron chi connectivity index (χ3n) is 3.84. The molecule has 3 N–H and O–H groups in total. The summed E-state index contributed by atoms with van der Waals surface area (Å²) in [4.78, 5) is 13.4. The number of aromatic amines is 1. The Bertz CT molecular complexity index is 815. The molecular formula is C18H18FN3O2S. The van der Waals surface area contributed by atoms with Crippen LogP contribution in [0.1, 0.15) is 15.4 Å². The summed E-state index contributed by atoms with van der Waals surface area (Å²) in [7, 11) is 0. The molecule has 7 heteroatoms. The molecule has 3 rings (SSSR count). The van der Waals surface area contributed by atoms with E-state index in [1.54, 1.807) is 29.5 Å². The van der Waals surface area contributed by atoms with Gasteiger partial charge in [0.25, 0.3) is 5.91 Å². The van der Waals surface area contributed by atoms with E-state index in [1.807, 2.05) is 17.5 Å². The predicted molar refractivity (Wildman–Crippen MR) is 94.9 cm³/mol. The normalized spacial score (nSPS) is 12.1. The van der Waals surface area contributed by atoms with Gasteiger partial charge >= 0.3 is 0 Å². The predicted octanol–water partition coefficient (Wildman–Crippen LogP) is 2.86. The summed E-state index contributed by atoms with van der Waals surface area (Å²) in [6.45, 7) is 0.375. The molecule has 1 atom stereocenters. The molecule has 0 fully saturated rings. The molecule has 0 bridgehead atoms. The molecule has 1 aromatic carbocycles. The van der Waals surface area contributed by atoms with Crippen LogP contribution < -0.4 is 5.32 Å². The number of thiophene rings is 1. The highest BCUT2D eigenvalue weighted by Gasteiger charge is 2.14. The minimum Gasteiger partial charge on any atom is -0.396 e. The lowest BCUT2D eigenvalue weighted by atomic mass is 10.1. The molecule has 25 heavy (non-hydrogen) atoms. The van der Waals surface area contributed by atoms with Gasteiger partial charge in [-0.1, -0.05) is 6.07 Å². The lowest BCUT2D eigenvalue weighted by Gasteiger charge is -2.13. The van der Waals surface area contributed by atoms with Crippen molar-refractivity contribution in [3.63, 3.8) is 0 Å². The van der Waals surface area contributed by atoms with Gasteiger partial charge in [0.2, 0.25) is 0 Å². The Labute approximate surface area is 148 Å². The van der Waals surface area contributed by atoms with E-state index in [9.17, 15) is 14.3 Å². The van der Waals surface area contributed by atoms with Crippen LogP contribution in [0.4, 0.5) is 4.39 Å². The Morgan fingerprint density at radius 1 is 1.32 bits per heavy atom. The molecule has 0 unspecified atom stereocenters. The Morgan fingerprint density at radius 2 is 2.12 bits per heavy atom. The Kier molecular flexibility index (Phi) is 5.57. The average molecular weight is 359 g/mol. The van der Waals surface area contributed by atoms with Gasteiger partial charge in [-0.3, -0.25) is 9.89 Å². The standard InChI is InChI=1S/C18H18FN3O2S/c19-14-5-3-13(4-6-14)16-9-17(22-21-16)18(24)20-10-12(11-23)8-15-2-1-7-25-15/h1-7,9,12,23H,8,10-11H2,(H,20,24)(H,21,22)/t12-/m1/s1. The van der Waals surface area contributed by atoms with Gasteiger partial charge in [-0.05, 0) is 48.2 Å². The molecule has 0 saturated heterocycles. The monoisotopic (exact) mass is 359 g/mol. The van der Waals surface area contributed by atoms with E-state index in [1.165, 1.54) is 17.0 Å². The van der Waals surface area contributed by atoms with Crippen LogP contribution in [0.2, 0.25) is 0 Å². The molecule has 5 nitrogen and oxygen atoms in total. The van der Waals surface area contributed by atoms with Gasteiger partial charge in [-0.25, -0.2) is 4.39 Å². The van der Waals surface area contributed by atoms with E-state index in [0.29, 0.717) is 17.9 Å². The number of hydrogen-bond donors (Lipinski definition) is 3. The molecule has 130 valence electrons. The minimum atomic E-state index is -0.321. The van der Waals surface area contributed by atoms with E-state index < -0.39 is 0 Å². The summed E-state index contributed by atoms with van der Waals surface area (Å²) in [5, 5.41) is 21.1. The van der Waals surface area contributed by atoms with E-state index in [2.05, 4.69) is 15.5 Å². The van der Waals surface area contributed by atoms with Gasteiger partial charge in [0.1, 0.15) is 11.5 Å². The van der Waals surface area contributed by atoms with Crippen molar-refractivity contribution in [2.75, 3.05) is 13.2 Å². The second-order valence-corrected chi connectivity index (χ2v) is 6.75. The van der Waals surface area contributed by atoms with Crippen LogP contribution in [0.15, 0.2) is 47.8 Å². The number of nitrogens with zero attached hydrogens (tertiary/aromatic N) is 1. The summed E-state index contributed by atoms with van der Waals surface area (Å²) in [5.41, 5.74) is 1.62. The van der Waals surface area contributed by atoms with Crippen LogP contribution in [0.3, 0.4) is 0 Å². The Balaban J connectivity index is 1.58. The quantitative estimate of drug-likeness (QED) is 0.607. The van der Waals surface area contributed by atoms with Crippen molar-refractivity contribution >= 4 is 17.2 Å². The number of aliphatic hydroxyl groups excluding tert-OH is 1. The fourth-order valence-electron chi connectivity index (χ4n) is 2.45. The second-order valence-electron chi connectivity index (χ2n) is 5.72. The topological polar surface area (TPSA) is 78.0 Å². The molecule has 3 aromatic rings. The molecule has 0 aliphatic carbocycles. The molecule has 0 aliphatic rings. The average Bonchev–Trinajstić information content (AvgIpc) is 3.30. The number of benzene rings is 1. The van der Waals surface area contributed by atoms with Crippen LogP contribution in [0.25, 0.3) is 11.3 Å². The third-order valence-corrected chi connectivity index (χ3v) is 4.74. The van der Waals surface area contributed by atoms with Crippen LogP contribution in [-0.4, -0.2) is 34.4 Å². The van der Waals surface area contributed by atoms with E-state index in [4.69, 9.17) is 0 Å². The van der Waals surface area contributed by atoms with Crippen molar-refractivity contribution in [3.8, 4) is 11.3 Å². The number of H-pyrrole nitrogens is 1. The number of rotatable bonds is 7. The highest BCUT2D eigenvalue weighted by Crippen LogP contribution is 2.18. The maximum absolute atomic E-state index is 13.0. The van der Waals surface area contributed by atoms with Crippen molar-refractivity contribution < 1.29 is 14.3 Å². The highest BCUT2D eigenvalue weighted by atomic mass is 32.1.